The minimum absolute atomic E-state index is 0.0266. The smallest absolute Gasteiger partial charge is 0.332 e. The van der Waals surface area contributed by atoms with Crippen LogP contribution in [0.2, 0.25) is 0 Å². The summed E-state index contributed by atoms with van der Waals surface area (Å²) < 4.78 is 2.82. The lowest BCUT2D eigenvalue weighted by molar-refractivity contribution is 0.0588. The predicted octanol–water partition coefficient (Wildman–Crippen LogP) is 2.55. The van der Waals surface area contributed by atoms with Crippen LogP contribution in [-0.4, -0.2) is 19.8 Å². The van der Waals surface area contributed by atoms with Gasteiger partial charge >= 0.3 is 5.69 Å². The molecular formula is C19H22N2O3S. The third-order valence-corrected chi connectivity index (χ3v) is 5.25. The highest BCUT2D eigenvalue weighted by Crippen LogP contribution is 2.21. The van der Waals surface area contributed by atoms with Crippen molar-refractivity contribution < 1.29 is 5.11 Å². The molecular weight excluding hydrogens is 336 g/mol. The summed E-state index contributed by atoms with van der Waals surface area (Å²) in [5.41, 5.74) is 0.172. The molecule has 0 aliphatic rings. The minimum Gasteiger partial charge on any atom is -0.389 e. The van der Waals surface area contributed by atoms with E-state index in [0.717, 1.165) is 15.7 Å². The molecule has 3 aromatic rings. The van der Waals surface area contributed by atoms with Crippen molar-refractivity contribution in [3.05, 3.63) is 67.7 Å². The van der Waals surface area contributed by atoms with Gasteiger partial charge in [-0.25, -0.2) is 4.79 Å². The van der Waals surface area contributed by atoms with Crippen LogP contribution >= 0.6 is 11.3 Å². The molecule has 5 nitrogen and oxygen atoms in total. The Bertz CT molecular complexity index is 1010. The maximum absolute atomic E-state index is 12.9. The number of hydrogen-bond donors (Lipinski definition) is 1. The largest absolute Gasteiger partial charge is 0.389 e. The van der Waals surface area contributed by atoms with Crippen molar-refractivity contribution in [2.45, 2.75) is 45.9 Å². The summed E-state index contributed by atoms with van der Waals surface area (Å²) in [7, 11) is 0. The quantitative estimate of drug-likeness (QED) is 0.762. The Labute approximate surface area is 149 Å². The van der Waals surface area contributed by atoms with Crippen LogP contribution in [0, 0.1) is 6.92 Å². The molecule has 2 heterocycles. The third kappa shape index (κ3) is 3.60. The van der Waals surface area contributed by atoms with Gasteiger partial charge in [0.1, 0.15) is 4.83 Å². The number of aryl methyl sites for hydroxylation is 3. The number of rotatable bonds is 5. The molecule has 0 unspecified atom stereocenters. The lowest BCUT2D eigenvalue weighted by Crippen LogP contribution is -2.44. The molecule has 0 amide bonds. The maximum Gasteiger partial charge on any atom is 0.332 e. The molecule has 1 N–H and O–H groups in total. The van der Waals surface area contributed by atoms with Crippen molar-refractivity contribution in [2.75, 3.05) is 0 Å². The molecule has 0 aliphatic heterocycles. The molecule has 25 heavy (non-hydrogen) atoms. The normalized spacial score (nSPS) is 12.0. The summed E-state index contributed by atoms with van der Waals surface area (Å²) in [6.07, 6.45) is 0.702. The van der Waals surface area contributed by atoms with Crippen LogP contribution in [0.4, 0.5) is 0 Å². The van der Waals surface area contributed by atoms with E-state index in [1.807, 2.05) is 42.6 Å². The number of hydrogen-bond acceptors (Lipinski definition) is 4. The van der Waals surface area contributed by atoms with Crippen molar-refractivity contribution in [1.29, 1.82) is 0 Å². The minimum atomic E-state index is -1.14. The highest BCUT2D eigenvalue weighted by atomic mass is 32.1. The predicted molar refractivity (Wildman–Crippen MR) is 102 cm³/mol. The van der Waals surface area contributed by atoms with Crippen LogP contribution in [0.15, 0.2) is 45.3 Å². The molecule has 0 radical (unpaired) electrons. The Kier molecular flexibility index (Phi) is 4.67. The van der Waals surface area contributed by atoms with Crippen molar-refractivity contribution in [3.63, 3.8) is 0 Å². The second kappa shape index (κ2) is 6.61. The molecule has 6 heteroatoms. The van der Waals surface area contributed by atoms with Crippen LogP contribution in [0.5, 0.6) is 0 Å². The van der Waals surface area contributed by atoms with E-state index in [1.165, 1.54) is 11.3 Å². The van der Waals surface area contributed by atoms with Gasteiger partial charge in [-0.15, -0.1) is 11.3 Å². The first kappa shape index (κ1) is 17.6. The topological polar surface area (TPSA) is 64.2 Å². The third-order valence-electron chi connectivity index (χ3n) is 4.13. The van der Waals surface area contributed by atoms with Crippen molar-refractivity contribution >= 4 is 21.6 Å². The summed E-state index contributed by atoms with van der Waals surface area (Å²) in [5, 5.41) is 12.6. The molecule has 0 bridgehead atoms. The van der Waals surface area contributed by atoms with E-state index >= 15 is 0 Å². The second-order valence-corrected chi connectivity index (χ2v) is 7.83. The number of aliphatic hydroxyl groups is 1. The van der Waals surface area contributed by atoms with Crippen molar-refractivity contribution in [3.8, 4) is 0 Å². The Hall–Kier alpha value is -2.18. The molecule has 132 valence electrons. The fourth-order valence-corrected chi connectivity index (χ4v) is 4.02. The Morgan fingerprint density at radius 1 is 1.12 bits per heavy atom. The van der Waals surface area contributed by atoms with Crippen LogP contribution in [0.1, 0.15) is 25.0 Å². The fraction of sp³-hybridized carbons (Fsp3) is 0.368. The highest BCUT2D eigenvalue weighted by Gasteiger charge is 2.21. The Morgan fingerprint density at radius 3 is 2.44 bits per heavy atom. The second-order valence-electron chi connectivity index (χ2n) is 6.97. The van der Waals surface area contributed by atoms with Crippen LogP contribution in [-0.2, 0) is 19.5 Å². The van der Waals surface area contributed by atoms with Gasteiger partial charge in [0.25, 0.3) is 5.56 Å². The monoisotopic (exact) mass is 358 g/mol. The molecule has 0 fully saturated rings. The lowest BCUT2D eigenvalue weighted by atomic mass is 10.1. The first-order valence-electron chi connectivity index (χ1n) is 8.26. The van der Waals surface area contributed by atoms with Gasteiger partial charge in [0.15, 0.2) is 0 Å². The number of thiophene rings is 1. The van der Waals surface area contributed by atoms with E-state index in [0.29, 0.717) is 23.2 Å². The van der Waals surface area contributed by atoms with Crippen LogP contribution in [0.25, 0.3) is 10.2 Å². The van der Waals surface area contributed by atoms with Gasteiger partial charge in [-0.05, 0) is 43.7 Å². The van der Waals surface area contributed by atoms with Crippen molar-refractivity contribution in [2.24, 2.45) is 0 Å². The lowest BCUT2D eigenvalue weighted by Gasteiger charge is -2.19. The number of aromatic nitrogens is 2. The molecule has 0 saturated heterocycles. The standard InChI is InChI=1S/C19H22N2O3S/c1-13-11-25-17-15(13)16(22)21(12-19(2,3)24)18(23)20(17)10-9-14-7-5-4-6-8-14/h4-8,11,24H,9-10,12H2,1-3H3. The van der Waals surface area contributed by atoms with Gasteiger partial charge in [-0.3, -0.25) is 13.9 Å². The average molecular weight is 358 g/mol. The van der Waals surface area contributed by atoms with Gasteiger partial charge in [0.2, 0.25) is 0 Å². The molecule has 1 aromatic carbocycles. The first-order valence-corrected chi connectivity index (χ1v) is 9.13. The number of nitrogens with zero attached hydrogens (tertiary/aromatic N) is 2. The van der Waals surface area contributed by atoms with Gasteiger partial charge < -0.3 is 5.11 Å². The molecule has 0 saturated carbocycles. The number of benzene rings is 1. The van der Waals surface area contributed by atoms with E-state index in [4.69, 9.17) is 0 Å². The summed E-state index contributed by atoms with van der Waals surface area (Å²) in [4.78, 5) is 26.4. The van der Waals surface area contributed by atoms with Gasteiger partial charge in [0.05, 0.1) is 17.5 Å². The zero-order valence-electron chi connectivity index (χ0n) is 14.7. The summed E-state index contributed by atoms with van der Waals surface area (Å²) in [5.74, 6) is 0. The maximum atomic E-state index is 12.9. The first-order chi connectivity index (χ1) is 11.8. The fourth-order valence-electron chi connectivity index (χ4n) is 2.95. The average Bonchev–Trinajstić information content (AvgIpc) is 2.93. The molecule has 3 rings (SSSR count). The summed E-state index contributed by atoms with van der Waals surface area (Å²) in [6.45, 7) is 5.53. The van der Waals surface area contributed by atoms with E-state index in [9.17, 15) is 14.7 Å². The van der Waals surface area contributed by atoms with Crippen LogP contribution < -0.4 is 11.2 Å². The summed E-state index contributed by atoms with van der Waals surface area (Å²) in [6, 6.07) is 9.94. The van der Waals surface area contributed by atoms with Crippen LogP contribution in [0.3, 0.4) is 0 Å². The van der Waals surface area contributed by atoms with E-state index < -0.39 is 5.60 Å². The molecule has 2 aromatic heterocycles. The van der Waals surface area contributed by atoms with Gasteiger partial charge in [-0.2, -0.15) is 0 Å². The molecule has 0 atom stereocenters. The Balaban J connectivity index is 2.13. The van der Waals surface area contributed by atoms with Gasteiger partial charge in [0, 0.05) is 6.54 Å². The van der Waals surface area contributed by atoms with E-state index in [-0.39, 0.29) is 17.8 Å². The van der Waals surface area contributed by atoms with E-state index in [1.54, 1.807) is 18.4 Å². The van der Waals surface area contributed by atoms with Crippen molar-refractivity contribution in [1.82, 2.24) is 9.13 Å². The zero-order chi connectivity index (χ0) is 18.2. The molecule has 0 aliphatic carbocycles. The SMILES string of the molecule is Cc1csc2c1c(=O)n(CC(C)(C)O)c(=O)n2CCc1ccccc1. The van der Waals surface area contributed by atoms with Gasteiger partial charge in [-0.1, -0.05) is 30.3 Å². The Morgan fingerprint density at radius 2 is 1.80 bits per heavy atom. The number of fused-ring (bicyclic) bond motifs is 1. The zero-order valence-corrected chi connectivity index (χ0v) is 15.5. The summed E-state index contributed by atoms with van der Waals surface area (Å²) >= 11 is 1.42. The highest BCUT2D eigenvalue weighted by molar-refractivity contribution is 7.17. The van der Waals surface area contributed by atoms with E-state index in [2.05, 4.69) is 0 Å². The molecule has 0 spiro atoms.